The molecule has 5 nitrogen and oxygen atoms in total. The van der Waals surface area contributed by atoms with Crippen LogP contribution in [0.2, 0.25) is 0 Å². The maximum absolute atomic E-state index is 12.7. The summed E-state index contributed by atoms with van der Waals surface area (Å²) in [5.74, 6) is -0.0802. The molecular formula is C20H22N2O3. The minimum absolute atomic E-state index is 0.00201. The lowest BCUT2D eigenvalue weighted by Gasteiger charge is -2.40. The molecule has 0 radical (unpaired) electrons. The number of hydrogen-bond donors (Lipinski definition) is 1. The first-order valence-corrected chi connectivity index (χ1v) is 8.33. The van der Waals surface area contributed by atoms with Crippen molar-refractivity contribution in [2.45, 2.75) is 25.8 Å². The van der Waals surface area contributed by atoms with Gasteiger partial charge in [0, 0.05) is 12.1 Å². The number of hydrogen-bond acceptors (Lipinski definition) is 3. The van der Waals surface area contributed by atoms with Crippen LogP contribution in [0.5, 0.6) is 5.75 Å². The average molecular weight is 338 g/mol. The molecule has 2 amide bonds. The minimum Gasteiger partial charge on any atom is -0.497 e. The number of carbonyl (C=O) groups is 2. The van der Waals surface area contributed by atoms with Gasteiger partial charge in [-0.25, -0.2) is 0 Å². The number of methoxy groups -OCH3 is 1. The molecule has 0 spiro atoms. The first-order chi connectivity index (χ1) is 12.0. The molecule has 0 aliphatic carbocycles. The number of primary amides is 1. The first-order valence-electron chi connectivity index (χ1n) is 8.33. The quantitative estimate of drug-likeness (QED) is 0.931. The SMILES string of the molecule is COc1ccc([C@H]2[C@H](C(N)=O)CCC(=O)N2c2ccc(C)cc2)cc1. The number of piperidine rings is 1. The number of benzene rings is 2. The van der Waals surface area contributed by atoms with Crippen molar-refractivity contribution in [1.29, 1.82) is 0 Å². The minimum atomic E-state index is -0.424. The standard InChI is InChI=1S/C20H22N2O3/c1-13-3-7-15(8-4-13)22-18(23)12-11-17(20(21)24)19(22)14-5-9-16(25-2)10-6-14/h3-10,17,19H,11-12H2,1-2H3,(H2,21,24)/t17-,19+/m1/s1. The van der Waals surface area contributed by atoms with Crippen LogP contribution in [0.15, 0.2) is 48.5 Å². The van der Waals surface area contributed by atoms with E-state index < -0.39 is 12.0 Å². The molecule has 1 saturated heterocycles. The third-order valence-electron chi connectivity index (χ3n) is 4.73. The summed E-state index contributed by atoms with van der Waals surface area (Å²) in [5.41, 5.74) is 8.42. The van der Waals surface area contributed by atoms with E-state index in [1.165, 1.54) is 0 Å². The van der Waals surface area contributed by atoms with Gasteiger partial charge in [-0.3, -0.25) is 9.59 Å². The number of amides is 2. The largest absolute Gasteiger partial charge is 0.497 e. The van der Waals surface area contributed by atoms with Crippen LogP contribution in [-0.2, 0) is 9.59 Å². The van der Waals surface area contributed by atoms with Crippen molar-refractivity contribution in [2.75, 3.05) is 12.0 Å². The molecular weight excluding hydrogens is 316 g/mol. The third kappa shape index (κ3) is 3.36. The Kier molecular flexibility index (Phi) is 4.74. The molecule has 0 bridgehead atoms. The molecule has 130 valence electrons. The number of aryl methyl sites for hydroxylation is 1. The predicted octanol–water partition coefficient (Wildman–Crippen LogP) is 2.97. The molecule has 0 saturated carbocycles. The Balaban J connectivity index is 2.07. The fourth-order valence-electron chi connectivity index (χ4n) is 3.38. The Hall–Kier alpha value is -2.82. The second kappa shape index (κ2) is 6.97. The molecule has 0 unspecified atom stereocenters. The van der Waals surface area contributed by atoms with E-state index in [2.05, 4.69) is 0 Å². The highest BCUT2D eigenvalue weighted by atomic mass is 16.5. The van der Waals surface area contributed by atoms with Crippen LogP contribution in [-0.4, -0.2) is 18.9 Å². The first kappa shape index (κ1) is 17.0. The van der Waals surface area contributed by atoms with Crippen LogP contribution in [0.3, 0.4) is 0 Å². The molecule has 5 heteroatoms. The second-order valence-corrected chi connectivity index (χ2v) is 6.36. The number of anilines is 1. The Morgan fingerprint density at radius 1 is 1.12 bits per heavy atom. The summed E-state index contributed by atoms with van der Waals surface area (Å²) >= 11 is 0. The van der Waals surface area contributed by atoms with Crippen LogP contribution in [0.1, 0.15) is 30.0 Å². The summed E-state index contributed by atoms with van der Waals surface area (Å²) in [7, 11) is 1.60. The van der Waals surface area contributed by atoms with Crippen molar-refractivity contribution < 1.29 is 14.3 Å². The fraction of sp³-hybridized carbons (Fsp3) is 0.300. The van der Waals surface area contributed by atoms with Gasteiger partial charge in [0.05, 0.1) is 19.1 Å². The van der Waals surface area contributed by atoms with Crippen molar-refractivity contribution >= 4 is 17.5 Å². The lowest BCUT2D eigenvalue weighted by molar-refractivity contribution is -0.127. The number of carbonyl (C=O) groups excluding carboxylic acids is 2. The third-order valence-corrected chi connectivity index (χ3v) is 4.73. The molecule has 1 heterocycles. The number of ether oxygens (including phenoxy) is 1. The van der Waals surface area contributed by atoms with Crippen LogP contribution < -0.4 is 15.4 Å². The molecule has 3 rings (SSSR count). The molecule has 25 heavy (non-hydrogen) atoms. The molecule has 2 atom stereocenters. The van der Waals surface area contributed by atoms with E-state index >= 15 is 0 Å². The van der Waals surface area contributed by atoms with E-state index in [9.17, 15) is 9.59 Å². The van der Waals surface area contributed by atoms with Crippen LogP contribution >= 0.6 is 0 Å². The zero-order valence-corrected chi connectivity index (χ0v) is 14.4. The van der Waals surface area contributed by atoms with E-state index in [-0.39, 0.29) is 11.8 Å². The molecule has 1 fully saturated rings. The van der Waals surface area contributed by atoms with Gasteiger partial charge in [-0.15, -0.1) is 0 Å². The van der Waals surface area contributed by atoms with E-state index in [4.69, 9.17) is 10.5 Å². The van der Waals surface area contributed by atoms with Gasteiger partial charge in [-0.2, -0.15) is 0 Å². The summed E-state index contributed by atoms with van der Waals surface area (Å²) in [5, 5.41) is 0. The zero-order chi connectivity index (χ0) is 18.0. The summed E-state index contributed by atoms with van der Waals surface area (Å²) in [6.07, 6.45) is 0.779. The normalized spacial score (nSPS) is 20.4. The summed E-state index contributed by atoms with van der Waals surface area (Å²) < 4.78 is 5.20. The smallest absolute Gasteiger partial charge is 0.227 e. The van der Waals surface area contributed by atoms with Gasteiger partial charge in [0.1, 0.15) is 5.75 Å². The fourth-order valence-corrected chi connectivity index (χ4v) is 3.38. The lowest BCUT2D eigenvalue weighted by atomic mass is 9.83. The van der Waals surface area contributed by atoms with Crippen molar-refractivity contribution in [3.63, 3.8) is 0 Å². The molecule has 0 aromatic heterocycles. The molecule has 2 aromatic rings. The Bertz CT molecular complexity index is 769. The molecule has 2 N–H and O–H groups in total. The Morgan fingerprint density at radius 2 is 1.76 bits per heavy atom. The van der Waals surface area contributed by atoms with E-state index in [0.717, 1.165) is 22.6 Å². The zero-order valence-electron chi connectivity index (χ0n) is 14.4. The van der Waals surface area contributed by atoms with Gasteiger partial charge >= 0.3 is 0 Å². The van der Waals surface area contributed by atoms with E-state index in [1.54, 1.807) is 12.0 Å². The molecule has 1 aliphatic heterocycles. The van der Waals surface area contributed by atoms with Gasteiger partial charge in [0.25, 0.3) is 0 Å². The predicted molar refractivity (Wildman–Crippen MR) is 96.3 cm³/mol. The van der Waals surface area contributed by atoms with E-state index in [0.29, 0.717) is 12.8 Å². The Labute approximate surface area is 147 Å². The van der Waals surface area contributed by atoms with Crippen molar-refractivity contribution in [3.05, 3.63) is 59.7 Å². The average Bonchev–Trinajstić information content (AvgIpc) is 2.62. The van der Waals surface area contributed by atoms with Crippen molar-refractivity contribution in [2.24, 2.45) is 11.7 Å². The summed E-state index contributed by atoms with van der Waals surface area (Å²) in [6.45, 7) is 2.00. The Morgan fingerprint density at radius 3 is 2.32 bits per heavy atom. The topological polar surface area (TPSA) is 72.6 Å². The van der Waals surface area contributed by atoms with Gasteiger partial charge in [-0.05, 0) is 43.2 Å². The number of rotatable bonds is 4. The van der Waals surface area contributed by atoms with Gasteiger partial charge in [-0.1, -0.05) is 29.8 Å². The summed E-state index contributed by atoms with van der Waals surface area (Å²) in [4.78, 5) is 26.5. The summed E-state index contributed by atoms with van der Waals surface area (Å²) in [6, 6.07) is 14.8. The number of nitrogens with zero attached hydrogens (tertiary/aromatic N) is 1. The van der Waals surface area contributed by atoms with Gasteiger partial charge < -0.3 is 15.4 Å². The molecule has 1 aliphatic rings. The highest BCUT2D eigenvalue weighted by Crippen LogP contribution is 2.40. The lowest BCUT2D eigenvalue weighted by Crippen LogP contribution is -2.47. The van der Waals surface area contributed by atoms with Crippen LogP contribution in [0.4, 0.5) is 5.69 Å². The second-order valence-electron chi connectivity index (χ2n) is 6.36. The van der Waals surface area contributed by atoms with E-state index in [1.807, 2.05) is 55.5 Å². The van der Waals surface area contributed by atoms with Crippen molar-refractivity contribution in [1.82, 2.24) is 0 Å². The van der Waals surface area contributed by atoms with Crippen molar-refractivity contribution in [3.8, 4) is 5.75 Å². The van der Waals surface area contributed by atoms with Gasteiger partial charge in [0.15, 0.2) is 0 Å². The van der Waals surface area contributed by atoms with Gasteiger partial charge in [0.2, 0.25) is 11.8 Å². The monoisotopic (exact) mass is 338 g/mol. The maximum atomic E-state index is 12.7. The highest BCUT2D eigenvalue weighted by Gasteiger charge is 2.40. The van der Waals surface area contributed by atoms with Crippen LogP contribution in [0, 0.1) is 12.8 Å². The maximum Gasteiger partial charge on any atom is 0.227 e. The number of nitrogens with two attached hydrogens (primary N) is 1. The highest BCUT2D eigenvalue weighted by molar-refractivity contribution is 5.97. The van der Waals surface area contributed by atoms with Crippen LogP contribution in [0.25, 0.3) is 0 Å². The molecule has 2 aromatic carbocycles.